The topological polar surface area (TPSA) is 18.5 Å². The molecule has 2 aliphatic heterocycles. The lowest BCUT2D eigenvalue weighted by molar-refractivity contribution is 0.228. The van der Waals surface area contributed by atoms with Crippen molar-refractivity contribution in [1.29, 1.82) is 0 Å². The van der Waals surface area contributed by atoms with Gasteiger partial charge in [-0.1, -0.05) is 34.6 Å². The van der Waals surface area contributed by atoms with Crippen LogP contribution in [0, 0.1) is 0 Å². The fraction of sp³-hybridized carbons (Fsp3) is 0.647. The third-order valence-electron chi connectivity index (χ3n) is 3.28. The third-order valence-corrected chi connectivity index (χ3v) is 3.28. The first-order valence-corrected chi connectivity index (χ1v) is 7.75. The highest BCUT2D eigenvalue weighted by molar-refractivity contribution is 5.50. The molecule has 0 bridgehead atoms. The molecule has 0 radical (unpaired) electrons. The third kappa shape index (κ3) is 3.43. The molecule has 19 heavy (non-hydrogen) atoms. The molecule has 2 heteroatoms. The molecule has 2 atom stereocenters. The van der Waals surface area contributed by atoms with Crippen molar-refractivity contribution >= 4 is 0 Å². The van der Waals surface area contributed by atoms with Gasteiger partial charge in [0.25, 0.3) is 0 Å². The summed E-state index contributed by atoms with van der Waals surface area (Å²) in [5.41, 5.74) is 2.62. The summed E-state index contributed by atoms with van der Waals surface area (Å²) >= 11 is 0. The Morgan fingerprint density at radius 1 is 0.947 bits per heavy atom. The summed E-state index contributed by atoms with van der Waals surface area (Å²) in [6, 6.07) is 4.34. The predicted octanol–water partition coefficient (Wildman–Crippen LogP) is 4.78. The summed E-state index contributed by atoms with van der Waals surface area (Å²) < 4.78 is 11.6. The van der Waals surface area contributed by atoms with E-state index in [4.69, 9.17) is 9.47 Å². The van der Waals surface area contributed by atoms with Crippen LogP contribution < -0.4 is 9.47 Å². The molecular weight excluding hydrogens is 236 g/mol. The molecule has 1 aromatic rings. The quantitative estimate of drug-likeness (QED) is 0.727. The van der Waals surface area contributed by atoms with Crippen LogP contribution in [0.1, 0.15) is 59.1 Å². The zero-order valence-corrected chi connectivity index (χ0v) is 13.2. The fourth-order valence-corrected chi connectivity index (χ4v) is 2.44. The van der Waals surface area contributed by atoms with E-state index in [2.05, 4.69) is 26.0 Å². The predicted molar refractivity (Wildman–Crippen MR) is 81.3 cm³/mol. The molecular formula is C17H28O2. The number of ether oxygens (including phenoxy) is 2. The van der Waals surface area contributed by atoms with Crippen molar-refractivity contribution in [3.05, 3.63) is 23.3 Å². The van der Waals surface area contributed by atoms with Gasteiger partial charge in [0.05, 0.1) is 0 Å². The van der Waals surface area contributed by atoms with Crippen molar-refractivity contribution in [1.82, 2.24) is 0 Å². The number of hydrogen-bond acceptors (Lipinski definition) is 2. The highest BCUT2D eigenvalue weighted by Crippen LogP contribution is 2.39. The van der Waals surface area contributed by atoms with Gasteiger partial charge in [-0.3, -0.25) is 0 Å². The number of fused-ring (bicyclic) bond motifs is 2. The van der Waals surface area contributed by atoms with Crippen LogP contribution in [0.25, 0.3) is 0 Å². The second kappa shape index (κ2) is 7.42. The Kier molecular flexibility index (Phi) is 6.20. The molecule has 0 saturated carbocycles. The standard InChI is InChI=1S/C13H16O2.2C2H6/c1-3-11-5-10-7-12-9(4-8(2)14-12)6-13(10)15-11;2*1-2/h6-8,11H,3-5H2,1-2H3;2*1-2H3. The lowest BCUT2D eigenvalue weighted by Crippen LogP contribution is -2.10. The highest BCUT2D eigenvalue weighted by Gasteiger charge is 2.27. The second-order valence-electron chi connectivity index (χ2n) is 4.55. The van der Waals surface area contributed by atoms with Crippen molar-refractivity contribution in [2.24, 2.45) is 0 Å². The van der Waals surface area contributed by atoms with Gasteiger partial charge in [-0.25, -0.2) is 0 Å². The Morgan fingerprint density at radius 2 is 1.47 bits per heavy atom. The van der Waals surface area contributed by atoms with E-state index in [0.717, 1.165) is 30.8 Å². The van der Waals surface area contributed by atoms with Crippen LogP contribution in [0.15, 0.2) is 12.1 Å². The smallest absolute Gasteiger partial charge is 0.123 e. The average molecular weight is 264 g/mol. The molecule has 0 aliphatic carbocycles. The first kappa shape index (κ1) is 15.9. The lowest BCUT2D eigenvalue weighted by Gasteiger charge is -2.06. The van der Waals surface area contributed by atoms with Gasteiger partial charge in [0.2, 0.25) is 0 Å². The summed E-state index contributed by atoms with van der Waals surface area (Å²) in [6.45, 7) is 12.3. The lowest BCUT2D eigenvalue weighted by atomic mass is 10.0. The van der Waals surface area contributed by atoms with Crippen LogP contribution >= 0.6 is 0 Å². The van der Waals surface area contributed by atoms with Gasteiger partial charge in [-0.15, -0.1) is 0 Å². The molecule has 2 aliphatic rings. The molecule has 0 aromatic heterocycles. The monoisotopic (exact) mass is 264 g/mol. The molecule has 3 rings (SSSR count). The second-order valence-corrected chi connectivity index (χ2v) is 4.55. The Morgan fingerprint density at radius 3 is 2.05 bits per heavy atom. The Labute approximate surface area is 118 Å². The number of hydrogen-bond donors (Lipinski definition) is 0. The van der Waals surface area contributed by atoms with Gasteiger partial charge in [-0.05, 0) is 25.5 Å². The Balaban J connectivity index is 0.000000415. The van der Waals surface area contributed by atoms with Crippen molar-refractivity contribution in [2.45, 2.75) is 73.0 Å². The minimum atomic E-state index is 0.324. The summed E-state index contributed by atoms with van der Waals surface area (Å²) in [4.78, 5) is 0. The molecule has 2 nitrogen and oxygen atoms in total. The SMILES string of the molecule is CC.CC.CCC1Cc2cc3c(cc2O1)CC(C)O3. The van der Waals surface area contributed by atoms with Gasteiger partial charge in [0.15, 0.2) is 0 Å². The van der Waals surface area contributed by atoms with E-state index in [1.807, 2.05) is 27.7 Å². The van der Waals surface area contributed by atoms with Crippen molar-refractivity contribution in [2.75, 3.05) is 0 Å². The maximum Gasteiger partial charge on any atom is 0.123 e. The molecule has 108 valence electrons. The van der Waals surface area contributed by atoms with E-state index in [1.54, 1.807) is 0 Å². The maximum absolute atomic E-state index is 5.86. The molecule has 0 fully saturated rings. The highest BCUT2D eigenvalue weighted by atomic mass is 16.5. The molecule has 2 heterocycles. The van der Waals surface area contributed by atoms with E-state index in [0.29, 0.717) is 12.2 Å². The number of rotatable bonds is 1. The van der Waals surface area contributed by atoms with Crippen molar-refractivity contribution in [3.8, 4) is 11.5 Å². The van der Waals surface area contributed by atoms with Crippen LogP contribution in [0.3, 0.4) is 0 Å². The van der Waals surface area contributed by atoms with Crippen LogP contribution in [0.5, 0.6) is 11.5 Å². The average Bonchev–Trinajstić information content (AvgIpc) is 3.01. The molecule has 2 unspecified atom stereocenters. The first-order chi connectivity index (χ1) is 9.26. The van der Waals surface area contributed by atoms with Gasteiger partial charge in [0, 0.05) is 24.0 Å². The van der Waals surface area contributed by atoms with Gasteiger partial charge in [-0.2, -0.15) is 0 Å². The summed E-state index contributed by atoms with van der Waals surface area (Å²) in [5.74, 6) is 2.15. The maximum atomic E-state index is 5.86. The van der Waals surface area contributed by atoms with E-state index in [9.17, 15) is 0 Å². The van der Waals surface area contributed by atoms with Crippen LogP contribution in [-0.4, -0.2) is 12.2 Å². The molecule has 0 saturated heterocycles. The minimum absolute atomic E-state index is 0.324. The molecule has 0 N–H and O–H groups in total. The zero-order valence-electron chi connectivity index (χ0n) is 13.2. The van der Waals surface area contributed by atoms with E-state index < -0.39 is 0 Å². The normalized spacial score (nSPS) is 21.8. The Bertz CT molecular complexity index is 363. The van der Waals surface area contributed by atoms with Gasteiger partial charge < -0.3 is 9.47 Å². The summed E-state index contributed by atoms with van der Waals surface area (Å²) in [5, 5.41) is 0. The van der Waals surface area contributed by atoms with Gasteiger partial charge >= 0.3 is 0 Å². The summed E-state index contributed by atoms with van der Waals surface area (Å²) in [7, 11) is 0. The van der Waals surface area contributed by atoms with E-state index in [-0.39, 0.29) is 0 Å². The van der Waals surface area contributed by atoms with Crippen molar-refractivity contribution < 1.29 is 9.47 Å². The summed E-state index contributed by atoms with van der Waals surface area (Å²) in [6.07, 6.45) is 3.83. The first-order valence-electron chi connectivity index (χ1n) is 7.75. The fourth-order valence-electron chi connectivity index (χ4n) is 2.44. The van der Waals surface area contributed by atoms with Gasteiger partial charge in [0.1, 0.15) is 23.7 Å². The molecule has 0 spiro atoms. The molecule has 1 aromatic carbocycles. The molecule has 0 amide bonds. The van der Waals surface area contributed by atoms with Crippen LogP contribution in [0.4, 0.5) is 0 Å². The van der Waals surface area contributed by atoms with E-state index >= 15 is 0 Å². The minimum Gasteiger partial charge on any atom is -0.490 e. The van der Waals surface area contributed by atoms with E-state index in [1.165, 1.54) is 11.1 Å². The zero-order chi connectivity index (χ0) is 14.4. The largest absolute Gasteiger partial charge is 0.490 e. The van der Waals surface area contributed by atoms with Crippen molar-refractivity contribution in [3.63, 3.8) is 0 Å². The Hall–Kier alpha value is -1.18. The van der Waals surface area contributed by atoms with Crippen LogP contribution in [-0.2, 0) is 12.8 Å². The number of benzene rings is 1. The van der Waals surface area contributed by atoms with Crippen LogP contribution in [0.2, 0.25) is 0 Å².